The van der Waals surface area contributed by atoms with E-state index in [0.29, 0.717) is 12.2 Å². The van der Waals surface area contributed by atoms with Gasteiger partial charge in [-0.05, 0) is 30.2 Å². The molecule has 1 amide bonds. The molecule has 0 atom stereocenters. The number of nitrogens with zero attached hydrogens (tertiary/aromatic N) is 3. The zero-order chi connectivity index (χ0) is 15.9. The molecule has 0 aliphatic carbocycles. The predicted molar refractivity (Wildman–Crippen MR) is 93.1 cm³/mol. The van der Waals surface area contributed by atoms with E-state index in [1.807, 2.05) is 37.0 Å². The first kappa shape index (κ1) is 16.6. The first-order valence-electron chi connectivity index (χ1n) is 7.55. The van der Waals surface area contributed by atoms with E-state index in [1.54, 1.807) is 4.90 Å². The van der Waals surface area contributed by atoms with E-state index in [0.717, 1.165) is 30.8 Å². The average molecular weight is 317 g/mol. The topological polar surface area (TPSA) is 38.1 Å². The maximum Gasteiger partial charge on any atom is 0.223 e. The molecule has 0 saturated heterocycles. The van der Waals surface area contributed by atoms with Gasteiger partial charge in [0.2, 0.25) is 5.91 Å². The predicted octanol–water partition coefficient (Wildman–Crippen LogP) is 2.80. The first-order valence-corrected chi connectivity index (χ1v) is 8.18. The highest BCUT2D eigenvalue weighted by atomic mass is 32.1. The van der Waals surface area contributed by atoms with Crippen LogP contribution in [0.3, 0.4) is 0 Å². The lowest BCUT2D eigenvalue weighted by atomic mass is 10.1. The van der Waals surface area contributed by atoms with Crippen LogP contribution < -0.4 is 0 Å². The third kappa shape index (κ3) is 4.37. The number of hydrogen-bond acceptors (Lipinski definition) is 3. The molecule has 0 radical (unpaired) electrons. The maximum atomic E-state index is 11.7. The minimum atomic E-state index is 0.154. The number of amides is 1. The number of hydrogen-bond donors (Lipinski definition) is 1. The van der Waals surface area contributed by atoms with Crippen molar-refractivity contribution in [1.82, 2.24) is 14.7 Å². The number of thiol groups is 1. The van der Waals surface area contributed by atoms with Crippen molar-refractivity contribution in [3.63, 3.8) is 0 Å². The van der Waals surface area contributed by atoms with Crippen molar-refractivity contribution in [2.24, 2.45) is 7.05 Å². The second-order valence-electron chi connectivity index (χ2n) is 5.40. The van der Waals surface area contributed by atoms with E-state index in [9.17, 15) is 4.79 Å². The molecule has 0 aliphatic heterocycles. The van der Waals surface area contributed by atoms with Gasteiger partial charge in [0.1, 0.15) is 0 Å². The summed E-state index contributed by atoms with van der Waals surface area (Å²) < 4.78 is 1.92. The number of benzene rings is 1. The maximum absolute atomic E-state index is 11.7. The molecule has 0 fully saturated rings. The van der Waals surface area contributed by atoms with E-state index < -0.39 is 0 Å². The van der Waals surface area contributed by atoms with Crippen LogP contribution in [0.4, 0.5) is 0 Å². The third-order valence-electron chi connectivity index (χ3n) is 3.68. The van der Waals surface area contributed by atoms with Gasteiger partial charge in [0, 0.05) is 27.1 Å². The Bertz CT molecular complexity index is 610. The Hall–Kier alpha value is -1.75. The minimum Gasteiger partial charge on any atom is -0.346 e. The first-order chi connectivity index (χ1) is 10.6. The van der Waals surface area contributed by atoms with E-state index in [2.05, 4.69) is 35.9 Å². The van der Waals surface area contributed by atoms with Gasteiger partial charge >= 0.3 is 0 Å². The van der Waals surface area contributed by atoms with Gasteiger partial charge < -0.3 is 4.90 Å². The summed E-state index contributed by atoms with van der Waals surface area (Å²) in [7, 11) is 3.81. The van der Waals surface area contributed by atoms with Crippen LogP contribution in [0.25, 0.3) is 11.3 Å². The smallest absolute Gasteiger partial charge is 0.223 e. The average Bonchev–Trinajstić information content (AvgIpc) is 2.89. The van der Waals surface area contributed by atoms with Gasteiger partial charge in [-0.3, -0.25) is 9.48 Å². The van der Waals surface area contributed by atoms with E-state index in [4.69, 9.17) is 0 Å². The molecule has 2 rings (SSSR count). The van der Waals surface area contributed by atoms with Gasteiger partial charge in [0.05, 0.1) is 11.4 Å². The molecule has 1 aromatic heterocycles. The molecule has 0 saturated carbocycles. The van der Waals surface area contributed by atoms with Crippen LogP contribution in [0.5, 0.6) is 0 Å². The molecular weight excluding hydrogens is 294 g/mol. The second kappa shape index (κ2) is 8.03. The van der Waals surface area contributed by atoms with Gasteiger partial charge in [-0.25, -0.2) is 0 Å². The Labute approximate surface area is 137 Å². The summed E-state index contributed by atoms with van der Waals surface area (Å²) in [5, 5.41) is 4.57. The zero-order valence-corrected chi connectivity index (χ0v) is 14.1. The minimum absolute atomic E-state index is 0.154. The van der Waals surface area contributed by atoms with Crippen LogP contribution >= 0.6 is 12.6 Å². The monoisotopic (exact) mass is 317 g/mol. The van der Waals surface area contributed by atoms with Crippen LogP contribution in [0, 0.1) is 0 Å². The van der Waals surface area contributed by atoms with Gasteiger partial charge in [-0.1, -0.05) is 30.3 Å². The summed E-state index contributed by atoms with van der Waals surface area (Å²) in [5.41, 5.74) is 3.36. The van der Waals surface area contributed by atoms with Gasteiger partial charge in [-0.15, -0.1) is 0 Å². The fraction of sp³-hybridized carbons (Fsp3) is 0.412. The summed E-state index contributed by atoms with van der Waals surface area (Å²) >= 11 is 4.09. The van der Waals surface area contributed by atoms with Crippen molar-refractivity contribution in [3.8, 4) is 11.3 Å². The number of aromatic nitrogens is 2. The number of rotatable bonds is 7. The summed E-state index contributed by atoms with van der Waals surface area (Å²) in [6.45, 7) is 0.754. The lowest BCUT2D eigenvalue weighted by Gasteiger charge is -2.16. The number of carbonyl (C=O) groups excluding carboxylic acids is 1. The Kier molecular flexibility index (Phi) is 6.07. The molecule has 118 valence electrons. The Balaban J connectivity index is 1.91. The van der Waals surface area contributed by atoms with Crippen LogP contribution in [-0.4, -0.2) is 39.9 Å². The SMILES string of the molecule is CN(CCCc1cc(-c2ccccc2)n(C)n1)C(=O)CCS. The van der Waals surface area contributed by atoms with Gasteiger partial charge in [0.25, 0.3) is 0 Å². The fourth-order valence-electron chi connectivity index (χ4n) is 2.44. The largest absolute Gasteiger partial charge is 0.346 e. The van der Waals surface area contributed by atoms with E-state index in [1.165, 1.54) is 5.56 Å². The number of aryl methyl sites for hydroxylation is 2. The molecule has 0 spiro atoms. The molecule has 22 heavy (non-hydrogen) atoms. The molecule has 5 heteroatoms. The Morgan fingerprint density at radius 3 is 2.73 bits per heavy atom. The normalized spacial score (nSPS) is 10.7. The van der Waals surface area contributed by atoms with E-state index in [-0.39, 0.29) is 5.91 Å². The molecular formula is C17H23N3OS. The van der Waals surface area contributed by atoms with Crippen molar-refractivity contribution in [1.29, 1.82) is 0 Å². The summed E-state index contributed by atoms with van der Waals surface area (Å²) in [4.78, 5) is 13.5. The highest BCUT2D eigenvalue weighted by Gasteiger charge is 2.09. The highest BCUT2D eigenvalue weighted by molar-refractivity contribution is 7.80. The molecule has 1 heterocycles. The summed E-state index contributed by atoms with van der Waals surface area (Å²) in [5.74, 6) is 0.755. The Morgan fingerprint density at radius 2 is 2.05 bits per heavy atom. The van der Waals surface area contributed by atoms with Crippen LogP contribution in [0.2, 0.25) is 0 Å². The quantitative estimate of drug-likeness (QED) is 0.798. The van der Waals surface area contributed by atoms with Crippen molar-refractivity contribution >= 4 is 18.5 Å². The Morgan fingerprint density at radius 1 is 1.32 bits per heavy atom. The lowest BCUT2D eigenvalue weighted by molar-refractivity contribution is -0.129. The number of carbonyl (C=O) groups is 1. The second-order valence-corrected chi connectivity index (χ2v) is 5.85. The molecule has 4 nitrogen and oxygen atoms in total. The van der Waals surface area contributed by atoms with Crippen LogP contribution in [0.15, 0.2) is 36.4 Å². The van der Waals surface area contributed by atoms with Crippen molar-refractivity contribution < 1.29 is 4.79 Å². The third-order valence-corrected chi connectivity index (χ3v) is 3.90. The van der Waals surface area contributed by atoms with Gasteiger partial charge in [0.15, 0.2) is 0 Å². The lowest BCUT2D eigenvalue weighted by Crippen LogP contribution is -2.28. The van der Waals surface area contributed by atoms with Gasteiger partial charge in [-0.2, -0.15) is 17.7 Å². The fourth-order valence-corrected chi connectivity index (χ4v) is 2.63. The molecule has 1 aromatic carbocycles. The van der Waals surface area contributed by atoms with Crippen molar-refractivity contribution in [3.05, 3.63) is 42.1 Å². The molecule has 0 N–H and O–H groups in total. The zero-order valence-electron chi connectivity index (χ0n) is 13.2. The van der Waals surface area contributed by atoms with Crippen molar-refractivity contribution in [2.75, 3.05) is 19.3 Å². The van der Waals surface area contributed by atoms with Crippen molar-refractivity contribution in [2.45, 2.75) is 19.3 Å². The van der Waals surface area contributed by atoms with Crippen LogP contribution in [0.1, 0.15) is 18.5 Å². The van der Waals surface area contributed by atoms with E-state index >= 15 is 0 Å². The summed E-state index contributed by atoms with van der Waals surface area (Å²) in [6, 6.07) is 12.4. The standard InChI is InChI=1S/C17H23N3OS/c1-19(17(21)10-12-22)11-6-9-15-13-16(20(2)18-15)14-7-4-3-5-8-14/h3-5,7-8,13,22H,6,9-12H2,1-2H3. The van der Waals surface area contributed by atoms with Crippen LogP contribution in [-0.2, 0) is 18.3 Å². The molecule has 0 aliphatic rings. The highest BCUT2D eigenvalue weighted by Crippen LogP contribution is 2.19. The summed E-state index contributed by atoms with van der Waals surface area (Å²) in [6.07, 6.45) is 2.29. The molecule has 2 aromatic rings. The molecule has 0 unspecified atom stereocenters. The molecule has 0 bridgehead atoms.